The Bertz CT molecular complexity index is 575. The number of hydrogen-bond donors (Lipinski definition) is 1. The lowest BCUT2D eigenvalue weighted by molar-refractivity contribution is 0.0931. The molecule has 0 aromatic heterocycles. The fourth-order valence-electron chi connectivity index (χ4n) is 2.64. The second-order valence-corrected chi connectivity index (χ2v) is 5.17. The molecule has 3 rings (SSSR count). The van der Waals surface area contributed by atoms with Crippen molar-refractivity contribution in [2.75, 3.05) is 24.7 Å². The molecule has 1 aromatic rings. The highest BCUT2D eigenvalue weighted by atomic mass is 19.2. The molecule has 2 aliphatic rings. The van der Waals surface area contributed by atoms with Gasteiger partial charge in [-0.15, -0.1) is 0 Å². The fraction of sp³-hybridized carbons (Fsp3) is 0.462. The molecule has 2 heterocycles. The molecule has 1 unspecified atom stereocenters. The second kappa shape index (κ2) is 3.90. The molecule has 0 spiro atoms. The Morgan fingerprint density at radius 1 is 1.53 bits per heavy atom. The van der Waals surface area contributed by atoms with Crippen molar-refractivity contribution in [3.8, 4) is 5.75 Å². The van der Waals surface area contributed by atoms with Crippen molar-refractivity contribution < 1.29 is 23.4 Å². The van der Waals surface area contributed by atoms with Crippen LogP contribution in [0.2, 0.25) is 0 Å². The van der Waals surface area contributed by atoms with Crippen LogP contribution in [-0.4, -0.2) is 36.2 Å². The summed E-state index contributed by atoms with van der Waals surface area (Å²) in [6.07, 6.45) is 0.215. The summed E-state index contributed by atoms with van der Waals surface area (Å²) in [5, 5.41) is 9.51. The average Bonchev–Trinajstić information content (AvgIpc) is 2.40. The molecule has 0 saturated carbocycles. The fourth-order valence-corrected chi connectivity index (χ4v) is 2.64. The first-order valence-electron chi connectivity index (χ1n) is 6.04. The SMILES string of the molecule is CC1(CO)COc2c(F)c(F)cc3c2N1CCC3=O. The summed E-state index contributed by atoms with van der Waals surface area (Å²) in [5.41, 5.74) is -0.343. The smallest absolute Gasteiger partial charge is 0.202 e. The van der Waals surface area contributed by atoms with Crippen molar-refractivity contribution in [2.45, 2.75) is 18.9 Å². The quantitative estimate of drug-likeness (QED) is 0.839. The normalized spacial score (nSPS) is 25.1. The van der Waals surface area contributed by atoms with Crippen molar-refractivity contribution in [1.29, 1.82) is 0 Å². The van der Waals surface area contributed by atoms with E-state index in [1.165, 1.54) is 0 Å². The molecule has 1 atom stereocenters. The number of rotatable bonds is 1. The number of Topliss-reactive ketones (excluding diaryl/α,β-unsaturated/α-hetero) is 1. The van der Waals surface area contributed by atoms with Crippen LogP contribution in [0, 0.1) is 11.6 Å². The van der Waals surface area contributed by atoms with E-state index in [1.54, 1.807) is 11.8 Å². The third-order valence-corrected chi connectivity index (χ3v) is 3.80. The average molecular weight is 269 g/mol. The number of aliphatic hydroxyl groups excluding tert-OH is 1. The first-order valence-corrected chi connectivity index (χ1v) is 6.04. The number of ketones is 1. The van der Waals surface area contributed by atoms with Crippen LogP contribution in [0.15, 0.2) is 6.07 Å². The lowest BCUT2D eigenvalue weighted by Crippen LogP contribution is -2.58. The van der Waals surface area contributed by atoms with Crippen molar-refractivity contribution >= 4 is 11.5 Å². The third-order valence-electron chi connectivity index (χ3n) is 3.80. The molecule has 0 saturated heterocycles. The van der Waals surface area contributed by atoms with Gasteiger partial charge in [-0.3, -0.25) is 4.79 Å². The largest absolute Gasteiger partial charge is 0.486 e. The number of carbonyl (C=O) groups is 1. The number of hydrogen-bond acceptors (Lipinski definition) is 4. The van der Waals surface area contributed by atoms with Gasteiger partial charge in [-0.1, -0.05) is 0 Å². The minimum atomic E-state index is -1.09. The van der Waals surface area contributed by atoms with E-state index < -0.39 is 17.2 Å². The van der Waals surface area contributed by atoms with E-state index in [-0.39, 0.29) is 42.4 Å². The van der Waals surface area contributed by atoms with E-state index in [2.05, 4.69) is 0 Å². The third kappa shape index (κ3) is 1.56. The molecule has 1 aromatic carbocycles. The lowest BCUT2D eigenvalue weighted by atomic mass is 9.91. The molecule has 0 fully saturated rings. The number of halogens is 2. The van der Waals surface area contributed by atoms with Crippen molar-refractivity contribution in [1.82, 2.24) is 0 Å². The second-order valence-electron chi connectivity index (χ2n) is 5.17. The summed E-state index contributed by atoms with van der Waals surface area (Å²) in [4.78, 5) is 13.6. The predicted molar refractivity (Wildman–Crippen MR) is 63.6 cm³/mol. The van der Waals surface area contributed by atoms with Crippen molar-refractivity contribution in [2.24, 2.45) is 0 Å². The summed E-state index contributed by atoms with van der Waals surface area (Å²) >= 11 is 0. The number of aliphatic hydroxyl groups is 1. The van der Waals surface area contributed by atoms with E-state index in [4.69, 9.17) is 4.74 Å². The van der Waals surface area contributed by atoms with Gasteiger partial charge in [0.2, 0.25) is 5.82 Å². The van der Waals surface area contributed by atoms with Crippen molar-refractivity contribution in [3.05, 3.63) is 23.3 Å². The Kier molecular flexibility index (Phi) is 2.53. The minimum absolute atomic E-state index is 0.0461. The van der Waals surface area contributed by atoms with Gasteiger partial charge in [-0.05, 0) is 13.0 Å². The van der Waals surface area contributed by atoms with Crippen LogP contribution >= 0.6 is 0 Å². The highest BCUT2D eigenvalue weighted by molar-refractivity contribution is 6.05. The molecule has 0 radical (unpaired) electrons. The van der Waals surface area contributed by atoms with E-state index in [9.17, 15) is 18.7 Å². The molecule has 102 valence electrons. The first kappa shape index (κ1) is 12.3. The van der Waals surface area contributed by atoms with Crippen LogP contribution in [0.4, 0.5) is 14.5 Å². The van der Waals surface area contributed by atoms with E-state index >= 15 is 0 Å². The van der Waals surface area contributed by atoms with Crippen LogP contribution in [0.25, 0.3) is 0 Å². The van der Waals surface area contributed by atoms with Gasteiger partial charge in [0.15, 0.2) is 17.3 Å². The van der Waals surface area contributed by atoms with Crippen LogP contribution in [0.3, 0.4) is 0 Å². The monoisotopic (exact) mass is 269 g/mol. The van der Waals surface area contributed by atoms with Crippen LogP contribution in [-0.2, 0) is 0 Å². The number of nitrogens with zero attached hydrogens (tertiary/aromatic N) is 1. The maximum Gasteiger partial charge on any atom is 0.202 e. The lowest BCUT2D eigenvalue weighted by Gasteiger charge is -2.47. The van der Waals surface area contributed by atoms with E-state index in [1.807, 2.05) is 0 Å². The maximum atomic E-state index is 13.8. The minimum Gasteiger partial charge on any atom is -0.486 e. The molecule has 0 bridgehead atoms. The molecular formula is C13H13F2NO3. The number of ether oxygens (including phenoxy) is 1. The Balaban J connectivity index is 2.27. The molecule has 0 amide bonds. The van der Waals surface area contributed by atoms with Crippen LogP contribution in [0.1, 0.15) is 23.7 Å². The summed E-state index contributed by atoms with van der Waals surface area (Å²) in [5.74, 6) is -2.64. The number of benzene rings is 1. The number of carbonyl (C=O) groups excluding carboxylic acids is 1. The highest BCUT2D eigenvalue weighted by Crippen LogP contribution is 2.45. The molecule has 2 aliphatic heterocycles. The summed E-state index contributed by atoms with van der Waals surface area (Å²) in [6, 6.07) is 0.912. The molecule has 6 heteroatoms. The van der Waals surface area contributed by atoms with Gasteiger partial charge in [0.25, 0.3) is 0 Å². The Morgan fingerprint density at radius 3 is 2.95 bits per heavy atom. The molecule has 19 heavy (non-hydrogen) atoms. The van der Waals surface area contributed by atoms with Gasteiger partial charge in [-0.25, -0.2) is 4.39 Å². The topological polar surface area (TPSA) is 49.8 Å². The highest BCUT2D eigenvalue weighted by Gasteiger charge is 2.44. The zero-order chi connectivity index (χ0) is 13.8. The van der Waals surface area contributed by atoms with E-state index in [0.29, 0.717) is 6.54 Å². The predicted octanol–water partition coefficient (Wildman–Crippen LogP) is 1.50. The Hall–Kier alpha value is -1.69. The van der Waals surface area contributed by atoms with Gasteiger partial charge in [-0.2, -0.15) is 4.39 Å². The molecule has 4 nitrogen and oxygen atoms in total. The van der Waals surface area contributed by atoms with Gasteiger partial charge in [0.1, 0.15) is 6.61 Å². The first-order chi connectivity index (χ1) is 8.98. The standard InChI is InChI=1S/C13H13F2NO3/c1-13(5-17)6-19-12-10(15)8(14)4-7-9(18)2-3-16(13)11(7)12/h4,17H,2-3,5-6H2,1H3. The summed E-state index contributed by atoms with van der Waals surface area (Å²) < 4.78 is 32.5. The summed E-state index contributed by atoms with van der Waals surface area (Å²) in [6.45, 7) is 1.98. The molecule has 1 N–H and O–H groups in total. The zero-order valence-corrected chi connectivity index (χ0v) is 10.4. The van der Waals surface area contributed by atoms with Gasteiger partial charge in [0.05, 0.1) is 17.8 Å². The van der Waals surface area contributed by atoms with Gasteiger partial charge in [0, 0.05) is 18.5 Å². The van der Waals surface area contributed by atoms with Gasteiger partial charge < -0.3 is 14.7 Å². The molecular weight excluding hydrogens is 256 g/mol. The Morgan fingerprint density at radius 2 is 2.26 bits per heavy atom. The molecule has 0 aliphatic carbocycles. The maximum absolute atomic E-state index is 13.8. The van der Waals surface area contributed by atoms with Gasteiger partial charge >= 0.3 is 0 Å². The van der Waals surface area contributed by atoms with Crippen LogP contribution in [0.5, 0.6) is 5.75 Å². The van der Waals surface area contributed by atoms with Crippen molar-refractivity contribution in [3.63, 3.8) is 0 Å². The van der Waals surface area contributed by atoms with Crippen LogP contribution < -0.4 is 9.64 Å². The zero-order valence-electron chi connectivity index (χ0n) is 10.4. The number of anilines is 1. The van der Waals surface area contributed by atoms with E-state index in [0.717, 1.165) is 6.07 Å². The Labute approximate surface area is 108 Å². The summed E-state index contributed by atoms with van der Waals surface area (Å²) in [7, 11) is 0.